The van der Waals surface area contributed by atoms with Crippen molar-refractivity contribution in [3.63, 3.8) is 0 Å². The molecule has 0 unspecified atom stereocenters. The van der Waals surface area contributed by atoms with Crippen molar-refractivity contribution < 1.29 is 9.90 Å². The van der Waals surface area contributed by atoms with Crippen molar-refractivity contribution in [3.05, 3.63) is 53.1 Å². The van der Waals surface area contributed by atoms with Crippen molar-refractivity contribution in [2.45, 2.75) is 6.92 Å². The molecule has 1 N–H and O–H groups in total. The Labute approximate surface area is 109 Å². The summed E-state index contributed by atoms with van der Waals surface area (Å²) in [4.78, 5) is 14.7. The highest BCUT2D eigenvalue weighted by Gasteiger charge is 2.08. The molecular weight excluding hydrogens is 252 g/mol. The van der Waals surface area contributed by atoms with E-state index in [1.54, 1.807) is 18.5 Å². The molecule has 0 aliphatic carbocycles. The van der Waals surface area contributed by atoms with Gasteiger partial charge in [-0.25, -0.2) is 9.78 Å². The predicted octanol–water partition coefficient (Wildman–Crippen LogP) is 2.93. The maximum absolute atomic E-state index is 10.6. The number of carbonyl (C=O) groups is 1. The number of halogens is 1. The van der Waals surface area contributed by atoms with Crippen LogP contribution in [0.4, 0.5) is 0 Å². The molecule has 18 heavy (non-hydrogen) atoms. The van der Waals surface area contributed by atoms with E-state index in [-0.39, 0.29) is 0 Å². The molecular formula is C13H11ClN2O2. The van der Waals surface area contributed by atoms with E-state index in [9.17, 15) is 4.79 Å². The summed E-state index contributed by atoms with van der Waals surface area (Å²) in [5.74, 6) is -0.203. The van der Waals surface area contributed by atoms with Crippen molar-refractivity contribution in [2.75, 3.05) is 0 Å². The highest BCUT2D eigenvalue weighted by molar-refractivity contribution is 6.32. The van der Waals surface area contributed by atoms with Crippen LogP contribution >= 0.6 is 11.6 Å². The van der Waals surface area contributed by atoms with Gasteiger partial charge in [0.2, 0.25) is 0 Å². The number of hydrogen-bond donors (Lipinski definition) is 1. The number of aromatic nitrogens is 2. The Morgan fingerprint density at radius 3 is 2.89 bits per heavy atom. The molecule has 0 amide bonds. The van der Waals surface area contributed by atoms with Crippen molar-refractivity contribution in [1.82, 2.24) is 9.55 Å². The Morgan fingerprint density at radius 2 is 2.28 bits per heavy atom. The summed E-state index contributed by atoms with van der Waals surface area (Å²) in [5, 5.41) is 9.19. The van der Waals surface area contributed by atoms with Crippen LogP contribution in [-0.2, 0) is 4.79 Å². The third-order valence-corrected chi connectivity index (χ3v) is 2.84. The molecule has 2 rings (SSSR count). The smallest absolute Gasteiger partial charge is 0.328 e. The number of carboxylic acid groups (broad SMARTS) is 1. The van der Waals surface area contributed by atoms with E-state index in [1.165, 1.54) is 6.08 Å². The van der Waals surface area contributed by atoms with Gasteiger partial charge in [-0.1, -0.05) is 17.7 Å². The van der Waals surface area contributed by atoms with Gasteiger partial charge in [-0.15, -0.1) is 0 Å². The van der Waals surface area contributed by atoms with E-state index in [0.717, 1.165) is 17.6 Å². The first-order valence-electron chi connectivity index (χ1n) is 5.29. The molecule has 0 fully saturated rings. The molecule has 1 heterocycles. The molecule has 92 valence electrons. The van der Waals surface area contributed by atoms with Gasteiger partial charge in [0, 0.05) is 29.1 Å². The fraction of sp³-hybridized carbons (Fsp3) is 0.0769. The summed E-state index contributed by atoms with van der Waals surface area (Å²) in [6.07, 6.45) is 6.04. The molecule has 0 aliphatic heterocycles. The number of rotatable bonds is 3. The van der Waals surface area contributed by atoms with Crippen molar-refractivity contribution in [2.24, 2.45) is 0 Å². The predicted molar refractivity (Wildman–Crippen MR) is 70.0 cm³/mol. The van der Waals surface area contributed by atoms with Gasteiger partial charge >= 0.3 is 5.97 Å². The molecule has 0 spiro atoms. The van der Waals surface area contributed by atoms with Crippen LogP contribution in [0.2, 0.25) is 5.02 Å². The minimum Gasteiger partial charge on any atom is -0.478 e. The average Bonchev–Trinajstić information content (AvgIpc) is 2.73. The molecule has 5 heteroatoms. The van der Waals surface area contributed by atoms with Crippen LogP contribution in [0.3, 0.4) is 0 Å². The third-order valence-electron chi connectivity index (χ3n) is 2.51. The number of benzene rings is 1. The van der Waals surface area contributed by atoms with E-state index >= 15 is 0 Å². The van der Waals surface area contributed by atoms with Crippen molar-refractivity contribution in [1.29, 1.82) is 0 Å². The summed E-state index contributed by atoms with van der Waals surface area (Å²) in [7, 11) is 0. The summed E-state index contributed by atoms with van der Waals surface area (Å²) >= 11 is 6.10. The lowest BCUT2D eigenvalue weighted by atomic mass is 10.1. The minimum absolute atomic E-state index is 0.498. The average molecular weight is 263 g/mol. The zero-order chi connectivity index (χ0) is 13.1. The molecule has 0 saturated heterocycles. The molecule has 4 nitrogen and oxygen atoms in total. The van der Waals surface area contributed by atoms with Gasteiger partial charge in [0.15, 0.2) is 0 Å². The molecule has 2 aromatic rings. The van der Waals surface area contributed by atoms with E-state index in [1.807, 2.05) is 23.6 Å². The quantitative estimate of drug-likeness (QED) is 0.866. The number of nitrogens with zero attached hydrogens (tertiary/aromatic N) is 2. The van der Waals surface area contributed by atoms with Crippen LogP contribution in [0.1, 0.15) is 11.4 Å². The summed E-state index contributed by atoms with van der Waals surface area (Å²) < 4.78 is 1.85. The maximum Gasteiger partial charge on any atom is 0.328 e. The minimum atomic E-state index is -1.01. The Hall–Kier alpha value is -2.07. The maximum atomic E-state index is 10.6. The Bertz CT molecular complexity index is 617. The second-order valence-corrected chi connectivity index (χ2v) is 4.10. The van der Waals surface area contributed by atoms with Gasteiger partial charge in [0.1, 0.15) is 5.82 Å². The Balaban J connectivity index is 2.58. The van der Waals surface area contributed by atoms with Crippen molar-refractivity contribution in [3.8, 4) is 5.69 Å². The van der Waals surface area contributed by atoms with Gasteiger partial charge in [-0.3, -0.25) is 0 Å². The first kappa shape index (κ1) is 12.4. The number of hydrogen-bond acceptors (Lipinski definition) is 2. The van der Waals surface area contributed by atoms with Gasteiger partial charge in [0.05, 0.1) is 5.69 Å². The highest BCUT2D eigenvalue weighted by atomic mass is 35.5. The topological polar surface area (TPSA) is 55.1 Å². The Morgan fingerprint density at radius 1 is 1.50 bits per heavy atom. The number of imidazole rings is 1. The summed E-state index contributed by atoms with van der Waals surface area (Å²) in [6, 6.07) is 5.40. The first-order valence-corrected chi connectivity index (χ1v) is 5.67. The van der Waals surface area contributed by atoms with Crippen LogP contribution in [0.25, 0.3) is 11.8 Å². The lowest BCUT2D eigenvalue weighted by Gasteiger charge is -2.10. The summed E-state index contributed by atoms with van der Waals surface area (Å²) in [6.45, 7) is 1.87. The van der Waals surface area contributed by atoms with Crippen LogP contribution in [0.15, 0.2) is 36.7 Å². The zero-order valence-corrected chi connectivity index (χ0v) is 10.4. The standard InChI is InChI=1S/C13H11ClN2O2/c1-9-15-7-8-16(9)12-4-2-3-11(14)10(12)5-6-13(17)18/h2-8H,1H3,(H,17,18)/b6-5+. The third kappa shape index (κ3) is 2.43. The van der Waals surface area contributed by atoms with Gasteiger partial charge < -0.3 is 9.67 Å². The SMILES string of the molecule is Cc1nccn1-c1cccc(Cl)c1/C=C/C(=O)O. The summed E-state index contributed by atoms with van der Waals surface area (Å²) in [5.41, 5.74) is 1.46. The lowest BCUT2D eigenvalue weighted by Crippen LogP contribution is -1.99. The molecule has 0 aliphatic rings. The zero-order valence-electron chi connectivity index (χ0n) is 9.67. The highest BCUT2D eigenvalue weighted by Crippen LogP contribution is 2.25. The van der Waals surface area contributed by atoms with Crippen LogP contribution in [0, 0.1) is 6.92 Å². The first-order chi connectivity index (χ1) is 8.59. The number of aliphatic carboxylic acids is 1. The Kier molecular flexibility index (Phi) is 3.48. The second-order valence-electron chi connectivity index (χ2n) is 3.69. The van der Waals surface area contributed by atoms with Crippen molar-refractivity contribution >= 4 is 23.6 Å². The monoisotopic (exact) mass is 262 g/mol. The number of aryl methyl sites for hydroxylation is 1. The normalized spacial score (nSPS) is 11.0. The van der Waals surface area contributed by atoms with Crippen LogP contribution in [0.5, 0.6) is 0 Å². The molecule has 0 saturated carbocycles. The van der Waals surface area contributed by atoms with E-state index in [0.29, 0.717) is 10.6 Å². The van der Waals surface area contributed by atoms with E-state index in [2.05, 4.69) is 4.98 Å². The van der Waals surface area contributed by atoms with E-state index in [4.69, 9.17) is 16.7 Å². The largest absolute Gasteiger partial charge is 0.478 e. The number of carboxylic acids is 1. The second kappa shape index (κ2) is 5.06. The molecule has 0 atom stereocenters. The molecule has 0 radical (unpaired) electrons. The van der Waals surface area contributed by atoms with Crippen LogP contribution < -0.4 is 0 Å². The molecule has 0 bridgehead atoms. The molecule has 1 aromatic carbocycles. The van der Waals surface area contributed by atoms with E-state index < -0.39 is 5.97 Å². The van der Waals surface area contributed by atoms with Gasteiger partial charge in [-0.05, 0) is 25.1 Å². The fourth-order valence-electron chi connectivity index (χ4n) is 1.69. The molecule has 1 aromatic heterocycles. The van der Waals surface area contributed by atoms with Crippen LogP contribution in [-0.4, -0.2) is 20.6 Å². The lowest BCUT2D eigenvalue weighted by molar-refractivity contribution is -0.131. The van der Waals surface area contributed by atoms with Gasteiger partial charge in [0.25, 0.3) is 0 Å². The fourth-order valence-corrected chi connectivity index (χ4v) is 1.92. The van der Waals surface area contributed by atoms with Gasteiger partial charge in [-0.2, -0.15) is 0 Å².